The number of halogens is 3. The summed E-state index contributed by atoms with van der Waals surface area (Å²) in [5.41, 5.74) is 8.14. The molecule has 3 aliphatic rings. The topological polar surface area (TPSA) is 85.1 Å². The van der Waals surface area contributed by atoms with Gasteiger partial charge in [0.2, 0.25) is 0 Å². The van der Waals surface area contributed by atoms with E-state index in [1.54, 1.807) is 13.2 Å². The van der Waals surface area contributed by atoms with Crippen molar-refractivity contribution in [3.8, 4) is 0 Å². The predicted molar refractivity (Wildman–Crippen MR) is 120 cm³/mol. The second-order valence-electron chi connectivity index (χ2n) is 8.67. The molecule has 2 fully saturated rings. The van der Waals surface area contributed by atoms with Crippen molar-refractivity contribution >= 4 is 40.8 Å². The zero-order valence-electron chi connectivity index (χ0n) is 17.1. The Balaban J connectivity index is 1.52. The second kappa shape index (κ2) is 7.89. The summed E-state index contributed by atoms with van der Waals surface area (Å²) in [4.78, 5) is 8.79. The summed E-state index contributed by atoms with van der Waals surface area (Å²) in [5.74, 6) is 0.872. The number of methoxy groups -OCH3 is 1. The van der Waals surface area contributed by atoms with Gasteiger partial charge in [0.05, 0.1) is 34.1 Å². The molecule has 2 saturated heterocycles. The first-order chi connectivity index (χ1) is 14.9. The summed E-state index contributed by atoms with van der Waals surface area (Å²) < 4.78 is 20.4. The van der Waals surface area contributed by atoms with Crippen LogP contribution in [-0.2, 0) is 11.2 Å². The third-order valence-corrected chi connectivity index (χ3v) is 7.67. The molecule has 0 spiro atoms. The van der Waals surface area contributed by atoms with Gasteiger partial charge in [0.15, 0.2) is 5.82 Å². The lowest BCUT2D eigenvalue weighted by atomic mass is 9.70. The zero-order valence-corrected chi connectivity index (χ0v) is 18.6. The van der Waals surface area contributed by atoms with Crippen molar-refractivity contribution in [1.29, 1.82) is 0 Å². The number of aromatic nitrogens is 2. The summed E-state index contributed by atoms with van der Waals surface area (Å²) in [5, 5.41) is 6.76. The number of nitrogens with one attached hydrogen (secondary N) is 2. The minimum atomic E-state index is -0.679. The molecule has 9 heteroatoms. The predicted octanol–water partition coefficient (Wildman–Crippen LogP) is 4.44. The van der Waals surface area contributed by atoms with Gasteiger partial charge in [0.25, 0.3) is 0 Å². The number of rotatable bonds is 4. The fourth-order valence-corrected chi connectivity index (χ4v) is 5.60. The molecule has 0 saturated carbocycles. The van der Waals surface area contributed by atoms with Crippen molar-refractivity contribution in [2.24, 2.45) is 11.7 Å². The van der Waals surface area contributed by atoms with Gasteiger partial charge >= 0.3 is 0 Å². The highest BCUT2D eigenvalue weighted by Crippen LogP contribution is 2.44. The Morgan fingerprint density at radius 1 is 1.23 bits per heavy atom. The Bertz CT molecular complexity index is 1050. The third kappa shape index (κ3) is 3.57. The van der Waals surface area contributed by atoms with Gasteiger partial charge < -0.3 is 21.1 Å². The molecular formula is C22H24Cl2FN5O. The fraction of sp³-hybridized carbons (Fsp3) is 0.455. The largest absolute Gasteiger partial charge is 0.499 e. The molecule has 4 N–H and O–H groups in total. The van der Waals surface area contributed by atoms with Crippen LogP contribution in [-0.4, -0.2) is 34.7 Å². The van der Waals surface area contributed by atoms with Gasteiger partial charge in [-0.1, -0.05) is 23.2 Å². The monoisotopic (exact) mass is 463 g/mol. The molecule has 2 aromatic rings. The smallest absolute Gasteiger partial charge is 0.166 e. The van der Waals surface area contributed by atoms with Gasteiger partial charge in [-0.15, -0.1) is 0 Å². The number of fused-ring (bicyclic) bond motifs is 3. The van der Waals surface area contributed by atoms with Gasteiger partial charge in [0.1, 0.15) is 17.9 Å². The second-order valence-corrected chi connectivity index (χ2v) is 9.46. The summed E-state index contributed by atoms with van der Waals surface area (Å²) >= 11 is 11.9. The first-order valence-corrected chi connectivity index (χ1v) is 11.2. The van der Waals surface area contributed by atoms with Crippen molar-refractivity contribution in [2.45, 2.75) is 49.7 Å². The van der Waals surface area contributed by atoms with Crippen LogP contribution in [0.2, 0.25) is 10.0 Å². The van der Waals surface area contributed by atoms with E-state index in [2.05, 4.69) is 20.6 Å². The summed E-state index contributed by atoms with van der Waals surface area (Å²) in [6.45, 7) is 0. The number of piperidine rings is 1. The highest BCUT2D eigenvalue weighted by atomic mass is 35.5. The SMILES string of the molecule is COC1=Cc2ncnc(Nc3ccc(Cl)c(Cl)c3F)c2CC1(N)C1C[C@H]2CC[C@@H](C1)N2. The normalized spacial score (nSPS) is 29.3. The Hall–Kier alpha value is -1.93. The average Bonchev–Trinajstić information content (AvgIpc) is 3.11. The van der Waals surface area contributed by atoms with Crippen molar-refractivity contribution in [3.63, 3.8) is 0 Å². The van der Waals surface area contributed by atoms with E-state index >= 15 is 0 Å². The van der Waals surface area contributed by atoms with E-state index in [-0.39, 0.29) is 21.7 Å². The Kier molecular flexibility index (Phi) is 5.33. The van der Waals surface area contributed by atoms with Gasteiger partial charge in [-0.05, 0) is 43.7 Å². The molecular weight excluding hydrogens is 440 g/mol. The minimum absolute atomic E-state index is 0.130. The quantitative estimate of drug-likeness (QED) is 0.581. The third-order valence-electron chi connectivity index (χ3n) is 6.88. The molecule has 6 nitrogen and oxygen atoms in total. The van der Waals surface area contributed by atoms with Crippen molar-refractivity contribution in [2.75, 3.05) is 12.4 Å². The molecule has 0 amide bonds. The molecule has 164 valence electrons. The molecule has 2 unspecified atom stereocenters. The van der Waals surface area contributed by atoms with Crippen molar-refractivity contribution < 1.29 is 9.13 Å². The van der Waals surface area contributed by atoms with Gasteiger partial charge in [-0.3, -0.25) is 0 Å². The fourth-order valence-electron chi connectivity index (χ4n) is 5.29. The van der Waals surface area contributed by atoms with Crippen LogP contribution in [0, 0.1) is 11.7 Å². The van der Waals surface area contributed by atoms with Gasteiger partial charge in [-0.25, -0.2) is 14.4 Å². The average molecular weight is 464 g/mol. The maximum absolute atomic E-state index is 14.6. The van der Waals surface area contributed by atoms with E-state index in [0.29, 0.717) is 30.0 Å². The Morgan fingerprint density at radius 3 is 2.68 bits per heavy atom. The molecule has 0 radical (unpaired) electrons. The summed E-state index contributed by atoms with van der Waals surface area (Å²) in [6.07, 6.45) is 8.20. The highest BCUT2D eigenvalue weighted by Gasteiger charge is 2.48. The number of ether oxygens (including phenoxy) is 1. The molecule has 2 bridgehead atoms. The van der Waals surface area contributed by atoms with Gasteiger partial charge in [0, 0.05) is 30.1 Å². The zero-order chi connectivity index (χ0) is 21.8. The van der Waals surface area contributed by atoms with Crippen LogP contribution < -0.4 is 16.4 Å². The summed E-state index contributed by atoms with van der Waals surface area (Å²) in [7, 11) is 1.65. The maximum atomic E-state index is 14.6. The van der Waals surface area contributed by atoms with E-state index in [9.17, 15) is 4.39 Å². The van der Waals surface area contributed by atoms with E-state index in [1.165, 1.54) is 25.2 Å². The Morgan fingerprint density at radius 2 is 1.97 bits per heavy atom. The van der Waals surface area contributed by atoms with Crippen LogP contribution in [0.5, 0.6) is 0 Å². The van der Waals surface area contributed by atoms with E-state index in [4.69, 9.17) is 33.7 Å². The molecule has 31 heavy (non-hydrogen) atoms. The molecule has 1 aromatic carbocycles. The number of hydrogen-bond acceptors (Lipinski definition) is 6. The molecule has 4 atom stereocenters. The van der Waals surface area contributed by atoms with Crippen LogP contribution >= 0.6 is 23.2 Å². The lowest BCUT2D eigenvalue weighted by molar-refractivity contribution is 0.136. The lowest BCUT2D eigenvalue weighted by Gasteiger charge is -2.44. The van der Waals surface area contributed by atoms with Gasteiger partial charge in [-0.2, -0.15) is 0 Å². The van der Waals surface area contributed by atoms with Crippen molar-refractivity contribution in [3.05, 3.63) is 51.3 Å². The number of nitrogens with zero attached hydrogens (tertiary/aromatic N) is 2. The first-order valence-electron chi connectivity index (χ1n) is 10.4. The number of anilines is 2. The van der Waals surface area contributed by atoms with Crippen LogP contribution in [0.4, 0.5) is 15.9 Å². The van der Waals surface area contributed by atoms with Crippen LogP contribution in [0.3, 0.4) is 0 Å². The van der Waals surface area contributed by atoms with Crippen LogP contribution in [0.1, 0.15) is 36.9 Å². The van der Waals surface area contributed by atoms with Crippen LogP contribution in [0.15, 0.2) is 24.2 Å². The number of nitrogens with two attached hydrogens (primary N) is 1. The molecule has 3 heterocycles. The standard InChI is InChI=1S/C22H24Cl2FN5O/c1-31-18-8-17-14(9-22(18,26)11-6-12-2-3-13(7-11)29-12)21(28-10-27-17)30-16-5-4-15(23)19(24)20(16)25/h4-5,8,10-13,29H,2-3,6-7,9,26H2,1H3,(H,27,28,30)/t11?,12-,13+,22?. The molecule has 1 aliphatic carbocycles. The maximum Gasteiger partial charge on any atom is 0.166 e. The molecule has 1 aromatic heterocycles. The first kappa shape index (κ1) is 20.9. The minimum Gasteiger partial charge on any atom is -0.499 e. The highest BCUT2D eigenvalue weighted by molar-refractivity contribution is 6.42. The lowest BCUT2D eigenvalue weighted by Crippen LogP contribution is -2.57. The number of benzene rings is 1. The van der Waals surface area contributed by atoms with E-state index in [0.717, 1.165) is 24.2 Å². The Labute approximate surface area is 190 Å². The van der Waals surface area contributed by atoms with Crippen LogP contribution in [0.25, 0.3) is 6.08 Å². The van der Waals surface area contributed by atoms with E-state index < -0.39 is 11.4 Å². The number of hydrogen-bond donors (Lipinski definition) is 3. The molecule has 2 aliphatic heterocycles. The summed E-state index contributed by atoms with van der Waals surface area (Å²) in [6, 6.07) is 4.08. The van der Waals surface area contributed by atoms with E-state index in [1.807, 2.05) is 6.08 Å². The van der Waals surface area contributed by atoms with Crippen molar-refractivity contribution in [1.82, 2.24) is 15.3 Å². The molecule has 5 rings (SSSR count).